The summed E-state index contributed by atoms with van der Waals surface area (Å²) in [6.45, 7) is 0. The van der Waals surface area contributed by atoms with Crippen LogP contribution in [0.25, 0.3) is 0 Å². The molecule has 0 fully saturated rings. The zero-order chi connectivity index (χ0) is 14.5. The smallest absolute Gasteiger partial charge is 0.253 e. The number of nitriles is 1. The maximum Gasteiger partial charge on any atom is 0.253 e. The van der Waals surface area contributed by atoms with Crippen LogP contribution in [0, 0.1) is 11.3 Å². The highest BCUT2D eigenvalue weighted by atomic mass is 16.1. The Hall–Kier alpha value is -3.00. The minimum absolute atomic E-state index is 0.220. The maximum absolute atomic E-state index is 11.8. The molecule has 2 rings (SSSR count). The van der Waals surface area contributed by atoms with Crippen LogP contribution in [0.1, 0.15) is 15.9 Å². The number of nitrogen functional groups attached to an aromatic ring is 1. The fourth-order valence-electron chi connectivity index (χ4n) is 1.83. The van der Waals surface area contributed by atoms with Crippen LogP contribution in [0.4, 0.5) is 17.1 Å². The molecule has 0 aliphatic rings. The molecule has 0 saturated carbocycles. The van der Waals surface area contributed by atoms with Crippen LogP contribution < -0.4 is 16.4 Å². The summed E-state index contributed by atoms with van der Waals surface area (Å²) in [5.74, 6) is -0.220. The van der Waals surface area contributed by atoms with Gasteiger partial charge in [-0.25, -0.2) is 0 Å². The topological polar surface area (TPSA) is 90.9 Å². The van der Waals surface area contributed by atoms with Gasteiger partial charge in [-0.2, -0.15) is 5.26 Å². The monoisotopic (exact) mass is 266 g/mol. The highest BCUT2D eigenvalue weighted by molar-refractivity contribution is 6.01. The summed E-state index contributed by atoms with van der Waals surface area (Å²) in [6.07, 6.45) is 0. The normalized spacial score (nSPS) is 9.60. The van der Waals surface area contributed by atoms with E-state index >= 15 is 0 Å². The number of hydrogen-bond acceptors (Lipinski definition) is 4. The Labute approximate surface area is 117 Å². The van der Waals surface area contributed by atoms with Crippen molar-refractivity contribution in [3.63, 3.8) is 0 Å². The molecule has 0 spiro atoms. The van der Waals surface area contributed by atoms with Crippen LogP contribution in [0.5, 0.6) is 0 Å². The molecule has 0 atom stereocenters. The lowest BCUT2D eigenvalue weighted by Crippen LogP contribution is -2.19. The number of rotatable bonds is 3. The zero-order valence-corrected chi connectivity index (χ0v) is 11.0. The van der Waals surface area contributed by atoms with Crippen molar-refractivity contribution in [3.05, 3.63) is 53.6 Å². The number of anilines is 3. The van der Waals surface area contributed by atoms with Gasteiger partial charge in [-0.1, -0.05) is 12.1 Å². The SMILES string of the molecule is CNC(=O)c1ccc(N)cc1Nc1ccccc1C#N. The van der Waals surface area contributed by atoms with E-state index in [0.29, 0.717) is 28.2 Å². The first-order valence-corrected chi connectivity index (χ1v) is 6.03. The minimum Gasteiger partial charge on any atom is -0.399 e. The summed E-state index contributed by atoms with van der Waals surface area (Å²) in [5.41, 5.74) is 8.45. The van der Waals surface area contributed by atoms with Crippen molar-refractivity contribution in [1.29, 1.82) is 5.26 Å². The molecular formula is C15H14N4O. The third kappa shape index (κ3) is 2.70. The number of hydrogen-bond donors (Lipinski definition) is 3. The average Bonchev–Trinajstić information content (AvgIpc) is 2.47. The first-order valence-electron chi connectivity index (χ1n) is 6.03. The van der Waals surface area contributed by atoms with Crippen LogP contribution in [-0.4, -0.2) is 13.0 Å². The van der Waals surface area contributed by atoms with Gasteiger partial charge in [0, 0.05) is 12.7 Å². The van der Waals surface area contributed by atoms with E-state index in [4.69, 9.17) is 11.0 Å². The van der Waals surface area contributed by atoms with Gasteiger partial charge in [0.2, 0.25) is 0 Å². The van der Waals surface area contributed by atoms with Gasteiger partial charge in [0.05, 0.1) is 22.5 Å². The van der Waals surface area contributed by atoms with E-state index in [1.54, 1.807) is 43.4 Å². The summed E-state index contributed by atoms with van der Waals surface area (Å²) in [5, 5.41) is 14.7. The van der Waals surface area contributed by atoms with Gasteiger partial charge < -0.3 is 16.4 Å². The Morgan fingerprint density at radius 2 is 1.95 bits per heavy atom. The van der Waals surface area contributed by atoms with E-state index in [0.717, 1.165) is 0 Å². The molecule has 0 aromatic heterocycles. The molecule has 5 nitrogen and oxygen atoms in total. The summed E-state index contributed by atoms with van der Waals surface area (Å²) in [6, 6.07) is 14.1. The fraction of sp³-hybridized carbons (Fsp3) is 0.0667. The molecule has 1 amide bonds. The first-order chi connectivity index (χ1) is 9.65. The molecule has 4 N–H and O–H groups in total. The molecule has 0 aliphatic carbocycles. The number of carbonyl (C=O) groups excluding carboxylic acids is 1. The van der Waals surface area contributed by atoms with Gasteiger partial charge in [0.25, 0.3) is 5.91 Å². The van der Waals surface area contributed by atoms with Crippen molar-refractivity contribution in [3.8, 4) is 6.07 Å². The molecule has 0 aliphatic heterocycles. The lowest BCUT2D eigenvalue weighted by molar-refractivity contribution is 0.0964. The second-order valence-corrected chi connectivity index (χ2v) is 4.17. The first kappa shape index (κ1) is 13.4. The van der Waals surface area contributed by atoms with Gasteiger partial charge in [0.1, 0.15) is 6.07 Å². The number of benzene rings is 2. The van der Waals surface area contributed by atoms with Gasteiger partial charge in [-0.15, -0.1) is 0 Å². The third-order valence-corrected chi connectivity index (χ3v) is 2.83. The molecule has 20 heavy (non-hydrogen) atoms. The Morgan fingerprint density at radius 1 is 1.20 bits per heavy atom. The average molecular weight is 266 g/mol. The molecule has 2 aromatic rings. The number of para-hydroxylation sites is 1. The van der Waals surface area contributed by atoms with E-state index in [-0.39, 0.29) is 5.91 Å². The van der Waals surface area contributed by atoms with Crippen molar-refractivity contribution in [2.75, 3.05) is 18.1 Å². The van der Waals surface area contributed by atoms with Crippen molar-refractivity contribution in [2.24, 2.45) is 0 Å². The van der Waals surface area contributed by atoms with E-state index in [9.17, 15) is 4.79 Å². The van der Waals surface area contributed by atoms with Gasteiger partial charge in [0.15, 0.2) is 0 Å². The predicted molar refractivity (Wildman–Crippen MR) is 78.7 cm³/mol. The molecule has 2 aromatic carbocycles. The minimum atomic E-state index is -0.220. The quantitative estimate of drug-likeness (QED) is 0.743. The number of nitrogens with zero attached hydrogens (tertiary/aromatic N) is 1. The Balaban J connectivity index is 2.45. The number of carbonyl (C=O) groups is 1. The molecule has 5 heteroatoms. The molecule has 0 unspecified atom stereocenters. The van der Waals surface area contributed by atoms with Gasteiger partial charge in [-0.05, 0) is 30.3 Å². The van der Waals surface area contributed by atoms with Crippen LogP contribution in [-0.2, 0) is 0 Å². The summed E-state index contributed by atoms with van der Waals surface area (Å²) in [4.78, 5) is 11.8. The number of nitrogens with two attached hydrogens (primary N) is 1. The molecule has 0 radical (unpaired) electrons. The molecule has 0 heterocycles. The van der Waals surface area contributed by atoms with E-state index < -0.39 is 0 Å². The number of nitrogens with one attached hydrogen (secondary N) is 2. The summed E-state index contributed by atoms with van der Waals surface area (Å²) in [7, 11) is 1.56. The predicted octanol–water partition coefficient (Wildman–Crippen LogP) is 2.24. The maximum atomic E-state index is 11.8. The van der Waals surface area contributed by atoms with Crippen molar-refractivity contribution >= 4 is 23.0 Å². The van der Waals surface area contributed by atoms with Crippen LogP contribution in [0.3, 0.4) is 0 Å². The van der Waals surface area contributed by atoms with Crippen LogP contribution in [0.2, 0.25) is 0 Å². The van der Waals surface area contributed by atoms with E-state index in [1.807, 2.05) is 6.07 Å². The molecule has 100 valence electrons. The number of amides is 1. The Kier molecular flexibility index (Phi) is 3.87. The zero-order valence-electron chi connectivity index (χ0n) is 11.0. The standard InChI is InChI=1S/C15H14N4O/c1-18-15(20)12-7-6-11(17)8-14(12)19-13-5-3-2-4-10(13)9-16/h2-8,19H,17H2,1H3,(H,18,20). The van der Waals surface area contributed by atoms with Crippen molar-refractivity contribution in [2.45, 2.75) is 0 Å². The van der Waals surface area contributed by atoms with E-state index in [2.05, 4.69) is 16.7 Å². The van der Waals surface area contributed by atoms with Crippen LogP contribution in [0.15, 0.2) is 42.5 Å². The highest BCUT2D eigenvalue weighted by Crippen LogP contribution is 2.25. The van der Waals surface area contributed by atoms with E-state index in [1.165, 1.54) is 0 Å². The van der Waals surface area contributed by atoms with Gasteiger partial charge >= 0.3 is 0 Å². The van der Waals surface area contributed by atoms with Crippen molar-refractivity contribution in [1.82, 2.24) is 5.32 Å². The highest BCUT2D eigenvalue weighted by Gasteiger charge is 2.11. The lowest BCUT2D eigenvalue weighted by Gasteiger charge is -2.13. The second kappa shape index (κ2) is 5.76. The molecule has 0 bridgehead atoms. The van der Waals surface area contributed by atoms with Crippen LogP contribution >= 0.6 is 0 Å². The van der Waals surface area contributed by atoms with Gasteiger partial charge in [-0.3, -0.25) is 4.79 Å². The van der Waals surface area contributed by atoms with Crippen molar-refractivity contribution < 1.29 is 4.79 Å². The second-order valence-electron chi connectivity index (χ2n) is 4.17. The fourth-order valence-corrected chi connectivity index (χ4v) is 1.83. The summed E-state index contributed by atoms with van der Waals surface area (Å²) >= 11 is 0. The lowest BCUT2D eigenvalue weighted by atomic mass is 10.1. The largest absolute Gasteiger partial charge is 0.399 e. The summed E-state index contributed by atoms with van der Waals surface area (Å²) < 4.78 is 0. The Bertz CT molecular complexity index is 689. The molecular weight excluding hydrogens is 252 g/mol. The molecule has 0 saturated heterocycles. The third-order valence-electron chi connectivity index (χ3n) is 2.83. The Morgan fingerprint density at radius 3 is 2.65 bits per heavy atom.